The number of amides is 1. The van der Waals surface area contributed by atoms with Gasteiger partial charge in [0.1, 0.15) is 0 Å². The van der Waals surface area contributed by atoms with Gasteiger partial charge in [-0.05, 0) is 42.0 Å². The number of aliphatic hydroxyl groups excluding tert-OH is 1. The van der Waals surface area contributed by atoms with E-state index in [-0.39, 0.29) is 12.5 Å². The molecule has 1 unspecified atom stereocenters. The summed E-state index contributed by atoms with van der Waals surface area (Å²) in [5.74, 6) is 0.497. The number of benzene rings is 2. The van der Waals surface area contributed by atoms with Gasteiger partial charge in [0.2, 0.25) is 0 Å². The molecule has 23 heavy (non-hydrogen) atoms. The molecule has 1 heterocycles. The molecule has 1 atom stereocenters. The Bertz CT molecular complexity index is 704. The molecule has 1 fully saturated rings. The number of nitrogens with zero attached hydrogens (tertiary/aromatic N) is 1. The van der Waals surface area contributed by atoms with Gasteiger partial charge in [-0.2, -0.15) is 0 Å². The maximum atomic E-state index is 13.2. The number of fused-ring (bicyclic) bond motifs is 1. The molecule has 1 amide bonds. The van der Waals surface area contributed by atoms with Crippen molar-refractivity contribution in [2.45, 2.75) is 38.6 Å². The molecule has 1 saturated heterocycles. The van der Waals surface area contributed by atoms with Crippen LogP contribution >= 0.6 is 0 Å². The van der Waals surface area contributed by atoms with Crippen LogP contribution in [0.1, 0.15) is 43.5 Å². The zero-order valence-corrected chi connectivity index (χ0v) is 14.0. The molecule has 2 aromatic rings. The van der Waals surface area contributed by atoms with Crippen molar-refractivity contribution >= 4 is 16.7 Å². The summed E-state index contributed by atoms with van der Waals surface area (Å²) >= 11 is 0. The fraction of sp³-hybridized carbons (Fsp3) is 0.450. The van der Waals surface area contributed by atoms with E-state index in [4.69, 9.17) is 0 Å². The van der Waals surface area contributed by atoms with Crippen LogP contribution in [0.15, 0.2) is 42.5 Å². The maximum absolute atomic E-state index is 13.2. The van der Waals surface area contributed by atoms with Gasteiger partial charge in [0.15, 0.2) is 0 Å². The molecule has 1 aliphatic heterocycles. The van der Waals surface area contributed by atoms with Crippen molar-refractivity contribution in [2.24, 2.45) is 5.92 Å². The highest BCUT2D eigenvalue weighted by Crippen LogP contribution is 2.36. The minimum Gasteiger partial charge on any atom is -0.394 e. The summed E-state index contributed by atoms with van der Waals surface area (Å²) in [6.45, 7) is 5.07. The minimum absolute atomic E-state index is 0.0433. The lowest BCUT2D eigenvalue weighted by Gasteiger charge is -2.38. The third-order valence-electron chi connectivity index (χ3n) is 4.94. The molecule has 122 valence electrons. The van der Waals surface area contributed by atoms with Crippen LogP contribution in [0.5, 0.6) is 0 Å². The molecule has 0 radical (unpaired) electrons. The van der Waals surface area contributed by atoms with Crippen molar-refractivity contribution in [1.29, 1.82) is 0 Å². The van der Waals surface area contributed by atoms with Crippen LogP contribution in [0.3, 0.4) is 0 Å². The first-order valence-corrected chi connectivity index (χ1v) is 8.48. The van der Waals surface area contributed by atoms with Crippen molar-refractivity contribution < 1.29 is 9.90 Å². The Morgan fingerprint density at radius 3 is 2.70 bits per heavy atom. The summed E-state index contributed by atoms with van der Waals surface area (Å²) in [5, 5.41) is 12.1. The summed E-state index contributed by atoms with van der Waals surface area (Å²) in [5.41, 5.74) is 0.342. The minimum atomic E-state index is -0.401. The lowest BCUT2D eigenvalue weighted by Crippen LogP contribution is -2.50. The van der Waals surface area contributed by atoms with Crippen molar-refractivity contribution in [3.05, 3.63) is 48.0 Å². The fourth-order valence-electron chi connectivity index (χ4n) is 4.01. The first-order valence-electron chi connectivity index (χ1n) is 8.48. The molecule has 0 spiro atoms. The molecule has 0 saturated carbocycles. The van der Waals surface area contributed by atoms with Crippen LogP contribution in [0.2, 0.25) is 0 Å². The van der Waals surface area contributed by atoms with Crippen molar-refractivity contribution in [3.63, 3.8) is 0 Å². The lowest BCUT2D eigenvalue weighted by molar-refractivity contribution is 0.0334. The number of aliphatic hydroxyl groups is 1. The topological polar surface area (TPSA) is 40.5 Å². The second-order valence-corrected chi connectivity index (χ2v) is 7.07. The first kappa shape index (κ1) is 16.0. The molecular weight excluding hydrogens is 286 g/mol. The Kier molecular flexibility index (Phi) is 4.40. The van der Waals surface area contributed by atoms with E-state index in [1.165, 1.54) is 0 Å². The summed E-state index contributed by atoms with van der Waals surface area (Å²) in [6, 6.07) is 13.9. The van der Waals surface area contributed by atoms with E-state index in [9.17, 15) is 9.90 Å². The van der Waals surface area contributed by atoms with E-state index in [1.807, 2.05) is 47.4 Å². The Morgan fingerprint density at radius 2 is 1.96 bits per heavy atom. The highest BCUT2D eigenvalue weighted by atomic mass is 16.3. The number of likely N-dealkylation sites (tertiary alicyclic amines) is 1. The number of carbonyl (C=O) groups is 1. The quantitative estimate of drug-likeness (QED) is 0.931. The highest BCUT2D eigenvalue weighted by molar-refractivity contribution is 6.07. The number of carbonyl (C=O) groups excluding carboxylic acids is 1. The number of hydrogen-bond donors (Lipinski definition) is 1. The van der Waals surface area contributed by atoms with Gasteiger partial charge in [0.05, 0.1) is 12.1 Å². The molecule has 3 heteroatoms. The van der Waals surface area contributed by atoms with E-state index in [0.717, 1.165) is 42.1 Å². The monoisotopic (exact) mass is 311 g/mol. The molecular formula is C20H25NO2. The van der Waals surface area contributed by atoms with Crippen LogP contribution in [-0.2, 0) is 0 Å². The van der Waals surface area contributed by atoms with Crippen LogP contribution in [-0.4, -0.2) is 34.6 Å². The summed E-state index contributed by atoms with van der Waals surface area (Å²) in [6.07, 6.45) is 2.70. The molecule has 0 aliphatic carbocycles. The summed E-state index contributed by atoms with van der Waals surface area (Å²) < 4.78 is 0. The smallest absolute Gasteiger partial charge is 0.255 e. The van der Waals surface area contributed by atoms with Gasteiger partial charge >= 0.3 is 0 Å². The van der Waals surface area contributed by atoms with E-state index in [2.05, 4.69) is 13.8 Å². The zero-order valence-electron chi connectivity index (χ0n) is 14.0. The van der Waals surface area contributed by atoms with E-state index >= 15 is 0 Å². The van der Waals surface area contributed by atoms with Gasteiger partial charge < -0.3 is 10.0 Å². The van der Waals surface area contributed by atoms with E-state index in [0.29, 0.717) is 5.92 Å². The van der Waals surface area contributed by atoms with Crippen LogP contribution in [0, 0.1) is 5.92 Å². The largest absolute Gasteiger partial charge is 0.394 e. The van der Waals surface area contributed by atoms with Gasteiger partial charge in [0, 0.05) is 12.1 Å². The molecule has 1 aliphatic rings. The average Bonchev–Trinajstić information content (AvgIpc) is 2.97. The van der Waals surface area contributed by atoms with Gasteiger partial charge in [0.25, 0.3) is 5.91 Å². The predicted octanol–water partition coefficient (Wildman–Crippen LogP) is 3.85. The molecule has 3 nitrogen and oxygen atoms in total. The molecule has 2 aromatic carbocycles. The highest BCUT2D eigenvalue weighted by Gasteiger charge is 2.43. The standard InChI is InChI=1S/C20H25NO2/c1-15(2)13-20(14-22)11-6-12-21(20)19(23)18-10-5-8-16-7-3-4-9-17(16)18/h3-5,7-10,15,22H,6,11-14H2,1-2H3. The summed E-state index contributed by atoms with van der Waals surface area (Å²) in [4.78, 5) is 15.2. The van der Waals surface area contributed by atoms with Crippen molar-refractivity contribution in [2.75, 3.05) is 13.2 Å². The van der Waals surface area contributed by atoms with Crippen molar-refractivity contribution in [3.8, 4) is 0 Å². The van der Waals surface area contributed by atoms with Gasteiger partial charge in [-0.15, -0.1) is 0 Å². The second kappa shape index (κ2) is 6.32. The molecule has 3 rings (SSSR count). The lowest BCUT2D eigenvalue weighted by atomic mass is 9.86. The second-order valence-electron chi connectivity index (χ2n) is 7.07. The Labute approximate surface area is 137 Å². The SMILES string of the molecule is CC(C)CC1(CO)CCCN1C(=O)c1cccc2ccccc12. The molecule has 0 bridgehead atoms. The van der Waals surface area contributed by atoms with E-state index < -0.39 is 5.54 Å². The third-order valence-corrected chi connectivity index (χ3v) is 4.94. The number of hydrogen-bond acceptors (Lipinski definition) is 2. The van der Waals surface area contributed by atoms with Crippen LogP contribution in [0.4, 0.5) is 0 Å². The molecule has 0 aromatic heterocycles. The Morgan fingerprint density at radius 1 is 1.22 bits per heavy atom. The van der Waals surface area contributed by atoms with Gasteiger partial charge in [-0.3, -0.25) is 4.79 Å². The zero-order chi connectivity index (χ0) is 16.4. The average molecular weight is 311 g/mol. The number of rotatable bonds is 4. The molecule has 1 N–H and O–H groups in total. The third kappa shape index (κ3) is 2.86. The summed E-state index contributed by atoms with van der Waals surface area (Å²) in [7, 11) is 0. The van der Waals surface area contributed by atoms with Crippen molar-refractivity contribution in [1.82, 2.24) is 4.90 Å². The van der Waals surface area contributed by atoms with E-state index in [1.54, 1.807) is 0 Å². The Balaban J connectivity index is 2.01. The normalized spacial score (nSPS) is 21.3. The first-order chi connectivity index (χ1) is 11.1. The maximum Gasteiger partial charge on any atom is 0.255 e. The van der Waals surface area contributed by atoms with Crippen LogP contribution in [0.25, 0.3) is 10.8 Å². The Hall–Kier alpha value is -1.87. The predicted molar refractivity (Wildman–Crippen MR) is 93.5 cm³/mol. The van der Waals surface area contributed by atoms with Crippen LogP contribution < -0.4 is 0 Å². The van der Waals surface area contributed by atoms with Gasteiger partial charge in [-0.25, -0.2) is 0 Å². The fourth-order valence-corrected chi connectivity index (χ4v) is 4.01. The van der Waals surface area contributed by atoms with Gasteiger partial charge in [-0.1, -0.05) is 50.2 Å².